The molecule has 2 rings (SSSR count). The molecule has 1 aromatic carbocycles. The lowest BCUT2D eigenvalue weighted by Crippen LogP contribution is -2.37. The van der Waals surface area contributed by atoms with Gasteiger partial charge < -0.3 is 10.6 Å². The second-order valence-corrected chi connectivity index (χ2v) is 5.63. The maximum absolute atomic E-state index is 13.5. The number of carbonyl (C=O) groups is 1. The van der Waals surface area contributed by atoms with Gasteiger partial charge in [0.15, 0.2) is 5.69 Å². The molecule has 0 fully saturated rings. The van der Waals surface area contributed by atoms with Crippen LogP contribution in [0.4, 0.5) is 13.2 Å². The zero-order valence-electron chi connectivity index (χ0n) is 13.0. The third kappa shape index (κ3) is 4.07. The minimum absolute atomic E-state index is 0.0744. The first-order chi connectivity index (χ1) is 11.2. The van der Waals surface area contributed by atoms with Crippen molar-refractivity contribution in [2.45, 2.75) is 19.1 Å². The molecule has 1 aromatic heterocycles. The number of nitrogens with zero attached hydrogens (tertiary/aromatic N) is 2. The molecule has 0 bridgehead atoms. The summed E-state index contributed by atoms with van der Waals surface area (Å²) in [5, 5.41) is 9.46. The van der Waals surface area contributed by atoms with Gasteiger partial charge in [-0.2, -0.15) is 18.3 Å². The maximum Gasteiger partial charge on any atom is 0.434 e. The lowest BCUT2D eigenvalue weighted by molar-refractivity contribution is -0.143. The van der Waals surface area contributed by atoms with E-state index >= 15 is 0 Å². The number of likely N-dealkylation sites (N-methyl/N-ethyl adjacent to an activating group) is 1. The van der Waals surface area contributed by atoms with E-state index in [1.54, 1.807) is 14.0 Å². The average molecular weight is 361 g/mol. The molecule has 0 aliphatic rings. The summed E-state index contributed by atoms with van der Waals surface area (Å²) in [6.07, 6.45) is -3.83. The van der Waals surface area contributed by atoms with Crippen molar-refractivity contribution >= 4 is 17.5 Å². The summed E-state index contributed by atoms with van der Waals surface area (Å²) < 4.78 is 41.0. The number of alkyl halides is 3. The monoisotopic (exact) mass is 360 g/mol. The van der Waals surface area contributed by atoms with Gasteiger partial charge in [0.1, 0.15) is 0 Å². The van der Waals surface area contributed by atoms with Crippen LogP contribution >= 0.6 is 11.6 Å². The normalized spacial score (nSPS) is 12.9. The van der Waals surface area contributed by atoms with Gasteiger partial charge in [0.2, 0.25) is 0 Å². The van der Waals surface area contributed by atoms with Gasteiger partial charge in [-0.05, 0) is 38.2 Å². The summed E-state index contributed by atoms with van der Waals surface area (Å²) in [5.41, 5.74) is -1.49. The second kappa shape index (κ2) is 7.23. The van der Waals surface area contributed by atoms with E-state index < -0.39 is 23.3 Å². The second-order valence-electron chi connectivity index (χ2n) is 5.19. The Morgan fingerprint density at radius 2 is 1.96 bits per heavy atom. The van der Waals surface area contributed by atoms with Crippen molar-refractivity contribution in [2.75, 3.05) is 13.6 Å². The number of aromatic nitrogens is 2. The van der Waals surface area contributed by atoms with Gasteiger partial charge in [0, 0.05) is 17.6 Å². The van der Waals surface area contributed by atoms with Crippen LogP contribution in [-0.2, 0) is 6.18 Å². The number of benzene rings is 1. The maximum atomic E-state index is 13.5. The first-order valence-corrected chi connectivity index (χ1v) is 7.48. The number of nitrogens with one attached hydrogen (secondary N) is 2. The molecule has 1 unspecified atom stereocenters. The highest BCUT2D eigenvalue weighted by Crippen LogP contribution is 2.33. The number of carbonyl (C=O) groups excluding carboxylic acids is 1. The van der Waals surface area contributed by atoms with Crippen LogP contribution in [0.2, 0.25) is 5.02 Å². The Morgan fingerprint density at radius 3 is 2.50 bits per heavy atom. The third-order valence-corrected chi connectivity index (χ3v) is 3.67. The van der Waals surface area contributed by atoms with E-state index in [4.69, 9.17) is 11.6 Å². The molecule has 2 aromatic rings. The molecular formula is C15H16ClF3N4O. The topological polar surface area (TPSA) is 58.9 Å². The van der Waals surface area contributed by atoms with Crippen LogP contribution in [0.25, 0.3) is 5.69 Å². The van der Waals surface area contributed by atoms with Crippen molar-refractivity contribution in [1.82, 2.24) is 20.4 Å². The van der Waals surface area contributed by atoms with Crippen molar-refractivity contribution in [3.05, 3.63) is 46.7 Å². The Bertz CT molecular complexity index is 712. The van der Waals surface area contributed by atoms with E-state index in [9.17, 15) is 18.0 Å². The highest BCUT2D eigenvalue weighted by molar-refractivity contribution is 6.30. The van der Waals surface area contributed by atoms with E-state index in [2.05, 4.69) is 15.7 Å². The lowest BCUT2D eigenvalue weighted by atomic mass is 10.2. The molecule has 0 spiro atoms. The number of amides is 1. The van der Waals surface area contributed by atoms with Gasteiger partial charge in [-0.25, -0.2) is 4.68 Å². The molecule has 1 atom stereocenters. The lowest BCUT2D eigenvalue weighted by Gasteiger charge is -2.14. The van der Waals surface area contributed by atoms with Gasteiger partial charge in [-0.15, -0.1) is 0 Å². The van der Waals surface area contributed by atoms with Crippen molar-refractivity contribution in [1.29, 1.82) is 0 Å². The number of hydrogen-bond acceptors (Lipinski definition) is 3. The summed E-state index contributed by atoms with van der Waals surface area (Å²) in [4.78, 5) is 12.1. The summed E-state index contributed by atoms with van der Waals surface area (Å²) in [5.74, 6) is -0.829. The SMILES string of the molecule is CNC(C)CNC(=O)c1cnn(-c2ccc(Cl)cc2)c1C(F)(F)F. The van der Waals surface area contributed by atoms with E-state index in [1.807, 2.05) is 0 Å². The average Bonchev–Trinajstić information content (AvgIpc) is 2.98. The van der Waals surface area contributed by atoms with Crippen molar-refractivity contribution in [2.24, 2.45) is 0 Å². The fourth-order valence-corrected chi connectivity index (χ4v) is 2.13. The molecule has 1 heterocycles. The van der Waals surface area contributed by atoms with Gasteiger partial charge in [-0.1, -0.05) is 11.6 Å². The van der Waals surface area contributed by atoms with Crippen molar-refractivity contribution < 1.29 is 18.0 Å². The molecule has 24 heavy (non-hydrogen) atoms. The van der Waals surface area contributed by atoms with Gasteiger partial charge in [-0.3, -0.25) is 4.79 Å². The van der Waals surface area contributed by atoms with Crippen molar-refractivity contribution in [3.8, 4) is 5.69 Å². The first kappa shape index (κ1) is 18.3. The smallest absolute Gasteiger partial charge is 0.350 e. The van der Waals surface area contributed by atoms with Crippen LogP contribution in [0.15, 0.2) is 30.5 Å². The fourth-order valence-electron chi connectivity index (χ4n) is 2.01. The molecule has 0 aliphatic heterocycles. The quantitative estimate of drug-likeness (QED) is 0.862. The minimum atomic E-state index is -4.74. The van der Waals surface area contributed by atoms with Crippen LogP contribution < -0.4 is 10.6 Å². The van der Waals surface area contributed by atoms with E-state index in [0.717, 1.165) is 6.20 Å². The highest BCUT2D eigenvalue weighted by Gasteiger charge is 2.40. The van der Waals surface area contributed by atoms with Gasteiger partial charge in [0.25, 0.3) is 5.91 Å². The molecule has 0 saturated carbocycles. The molecule has 0 radical (unpaired) electrons. The summed E-state index contributed by atoms with van der Waals surface area (Å²) in [6.45, 7) is 1.99. The Kier molecular flexibility index (Phi) is 5.51. The molecule has 1 amide bonds. The molecule has 2 N–H and O–H groups in total. The van der Waals surface area contributed by atoms with Crippen LogP contribution in [0.3, 0.4) is 0 Å². The van der Waals surface area contributed by atoms with Crippen molar-refractivity contribution in [3.63, 3.8) is 0 Å². The first-order valence-electron chi connectivity index (χ1n) is 7.10. The largest absolute Gasteiger partial charge is 0.434 e. The highest BCUT2D eigenvalue weighted by atomic mass is 35.5. The Hall–Kier alpha value is -2.06. The van der Waals surface area contributed by atoms with Gasteiger partial charge in [0.05, 0.1) is 17.4 Å². The molecule has 0 aliphatic carbocycles. The predicted octanol–water partition coefficient (Wildman–Crippen LogP) is 2.88. The molecular weight excluding hydrogens is 345 g/mol. The van der Waals surface area contributed by atoms with E-state index in [0.29, 0.717) is 9.70 Å². The van der Waals surface area contributed by atoms with E-state index in [-0.39, 0.29) is 18.3 Å². The number of hydrogen-bond donors (Lipinski definition) is 2. The molecule has 5 nitrogen and oxygen atoms in total. The standard InChI is InChI=1S/C15H16ClF3N4O/c1-9(20-2)7-21-14(24)12-8-22-23(13(12)15(17,18)19)11-5-3-10(16)4-6-11/h3-6,8-9,20H,7H2,1-2H3,(H,21,24). The molecule has 130 valence electrons. The number of rotatable bonds is 5. The molecule has 0 saturated heterocycles. The minimum Gasteiger partial charge on any atom is -0.350 e. The number of halogens is 4. The zero-order chi connectivity index (χ0) is 17.9. The molecule has 9 heteroatoms. The Morgan fingerprint density at radius 1 is 1.33 bits per heavy atom. The zero-order valence-corrected chi connectivity index (χ0v) is 13.7. The van der Waals surface area contributed by atoms with Gasteiger partial charge >= 0.3 is 6.18 Å². The fraction of sp³-hybridized carbons (Fsp3) is 0.333. The summed E-state index contributed by atoms with van der Waals surface area (Å²) in [7, 11) is 1.69. The Balaban J connectivity index is 2.39. The van der Waals surface area contributed by atoms with E-state index in [1.165, 1.54) is 24.3 Å². The summed E-state index contributed by atoms with van der Waals surface area (Å²) >= 11 is 5.75. The van der Waals surface area contributed by atoms with Crippen LogP contribution in [0.5, 0.6) is 0 Å². The summed E-state index contributed by atoms with van der Waals surface area (Å²) in [6, 6.07) is 5.62. The third-order valence-electron chi connectivity index (χ3n) is 3.42. The predicted molar refractivity (Wildman–Crippen MR) is 84.4 cm³/mol. The Labute approximate surface area is 141 Å². The van der Waals surface area contributed by atoms with Crippen LogP contribution in [0, 0.1) is 0 Å². The van der Waals surface area contributed by atoms with Crippen LogP contribution in [-0.4, -0.2) is 35.3 Å². The van der Waals surface area contributed by atoms with Crippen LogP contribution in [0.1, 0.15) is 23.0 Å².